The maximum atomic E-state index is 12.2. The maximum Gasteiger partial charge on any atom is 0.350 e. The minimum absolute atomic E-state index is 0.315. The zero-order valence-electron chi connectivity index (χ0n) is 18.4. The molecule has 6 atom stereocenters. The van der Waals surface area contributed by atoms with E-state index < -0.39 is 48.6 Å². The van der Waals surface area contributed by atoms with E-state index in [2.05, 4.69) is 20.6 Å². The Balaban J connectivity index is 1.41. The molecule has 5 rings (SSSR count). The average molecular weight is 461 g/mol. The number of hydrogen-bond acceptors (Lipinski definition) is 11. The van der Waals surface area contributed by atoms with Crippen molar-refractivity contribution in [3.63, 3.8) is 0 Å². The van der Waals surface area contributed by atoms with Crippen LogP contribution in [-0.4, -0.2) is 64.3 Å². The van der Waals surface area contributed by atoms with Gasteiger partial charge in [0.05, 0.1) is 12.7 Å². The third kappa shape index (κ3) is 4.08. The Morgan fingerprint density at radius 2 is 1.91 bits per heavy atom. The summed E-state index contributed by atoms with van der Waals surface area (Å²) in [5.41, 5.74) is 0.693. The van der Waals surface area contributed by atoms with E-state index in [1.807, 2.05) is 0 Å². The second-order valence-corrected chi connectivity index (χ2v) is 8.71. The molecule has 4 heterocycles. The van der Waals surface area contributed by atoms with Gasteiger partial charge in [-0.15, -0.1) is 0 Å². The molecule has 0 bridgehead atoms. The lowest BCUT2D eigenvalue weighted by atomic mass is 9.95. The van der Waals surface area contributed by atoms with E-state index in [0.29, 0.717) is 17.6 Å². The standard InChI is InChI=1S/C21H27N5O7/c1-10(27)30-16-14-15(17(21(29)33-14)31-11(2)28)32-20(16)26-9-24-13-18(22-8-23-19(13)26)25-12-6-4-3-5-7-12/h8-9,12,14-18,20,25H,3-7H2,1-2H3,(H,22,23). The molecular weight excluding hydrogens is 434 g/mol. The van der Waals surface area contributed by atoms with Gasteiger partial charge in [0, 0.05) is 19.9 Å². The molecule has 3 aliphatic heterocycles. The molecule has 2 saturated heterocycles. The summed E-state index contributed by atoms with van der Waals surface area (Å²) in [5.74, 6) is -1.29. The molecule has 1 aromatic rings. The Morgan fingerprint density at radius 1 is 1.15 bits per heavy atom. The zero-order chi connectivity index (χ0) is 23.1. The SMILES string of the molecule is CC(=O)OC1C(=O)OC2C1OC(n1cnc3c1NC=NC3NC1CCCCC1)C2OC(C)=O. The quantitative estimate of drug-likeness (QED) is 0.480. The van der Waals surface area contributed by atoms with Crippen molar-refractivity contribution in [2.45, 2.75) is 88.8 Å². The normalized spacial score (nSPS) is 33.1. The molecule has 0 amide bonds. The van der Waals surface area contributed by atoms with Crippen molar-refractivity contribution in [1.29, 1.82) is 0 Å². The van der Waals surface area contributed by atoms with Crippen LogP contribution in [0.2, 0.25) is 0 Å². The second kappa shape index (κ2) is 8.75. The van der Waals surface area contributed by atoms with E-state index in [-0.39, 0.29) is 6.17 Å². The number of carbonyl (C=O) groups excluding carboxylic acids is 3. The summed E-state index contributed by atoms with van der Waals surface area (Å²) < 4.78 is 23.8. The number of nitrogens with one attached hydrogen (secondary N) is 2. The number of carbonyl (C=O) groups is 3. The van der Waals surface area contributed by atoms with Gasteiger partial charge in [-0.2, -0.15) is 0 Å². The van der Waals surface area contributed by atoms with Crippen molar-refractivity contribution >= 4 is 30.1 Å². The van der Waals surface area contributed by atoms with Gasteiger partial charge in [0.25, 0.3) is 0 Å². The van der Waals surface area contributed by atoms with Crippen molar-refractivity contribution in [2.75, 3.05) is 5.32 Å². The first-order valence-corrected chi connectivity index (χ1v) is 11.2. The summed E-state index contributed by atoms with van der Waals surface area (Å²) in [6, 6.07) is 0.372. The fourth-order valence-electron chi connectivity index (χ4n) is 4.99. The Bertz CT molecular complexity index is 972. The van der Waals surface area contributed by atoms with Gasteiger partial charge < -0.3 is 24.3 Å². The largest absolute Gasteiger partial charge is 0.454 e. The van der Waals surface area contributed by atoms with E-state index in [1.165, 1.54) is 33.1 Å². The number of imidazole rings is 1. The monoisotopic (exact) mass is 461 g/mol. The van der Waals surface area contributed by atoms with Crippen LogP contribution in [0.4, 0.5) is 5.82 Å². The fourth-order valence-corrected chi connectivity index (χ4v) is 4.99. The van der Waals surface area contributed by atoms with Crippen LogP contribution in [0.5, 0.6) is 0 Å². The van der Waals surface area contributed by atoms with Gasteiger partial charge in [0.1, 0.15) is 23.8 Å². The first-order chi connectivity index (χ1) is 15.9. The molecule has 1 aliphatic carbocycles. The Labute approximate surface area is 190 Å². The molecule has 12 heteroatoms. The summed E-state index contributed by atoms with van der Waals surface area (Å²) in [7, 11) is 0. The average Bonchev–Trinajstić information content (AvgIpc) is 3.43. The number of nitrogens with zero attached hydrogens (tertiary/aromatic N) is 3. The molecule has 1 saturated carbocycles. The van der Waals surface area contributed by atoms with E-state index in [4.69, 9.17) is 18.9 Å². The predicted molar refractivity (Wildman–Crippen MR) is 112 cm³/mol. The highest BCUT2D eigenvalue weighted by Crippen LogP contribution is 2.42. The number of anilines is 1. The molecule has 1 aromatic heterocycles. The Kier molecular flexibility index (Phi) is 5.79. The van der Waals surface area contributed by atoms with Crippen LogP contribution in [0.1, 0.15) is 64.0 Å². The van der Waals surface area contributed by atoms with Gasteiger partial charge in [-0.1, -0.05) is 19.3 Å². The second-order valence-electron chi connectivity index (χ2n) is 8.71. The van der Waals surface area contributed by atoms with Crippen LogP contribution in [0.15, 0.2) is 11.3 Å². The smallest absolute Gasteiger partial charge is 0.350 e. The molecule has 0 spiro atoms. The van der Waals surface area contributed by atoms with Gasteiger partial charge in [-0.3, -0.25) is 19.5 Å². The number of rotatable bonds is 5. The third-order valence-electron chi connectivity index (χ3n) is 6.38. The minimum atomic E-state index is -1.23. The first kappa shape index (κ1) is 21.8. The van der Waals surface area contributed by atoms with Gasteiger partial charge in [-0.05, 0) is 12.8 Å². The van der Waals surface area contributed by atoms with Gasteiger partial charge in [0.2, 0.25) is 6.10 Å². The van der Waals surface area contributed by atoms with Crippen LogP contribution in [0.3, 0.4) is 0 Å². The topological polar surface area (TPSA) is 142 Å². The molecular formula is C21H27N5O7. The lowest BCUT2D eigenvalue weighted by molar-refractivity contribution is -0.174. The van der Waals surface area contributed by atoms with Crippen molar-refractivity contribution < 1.29 is 33.3 Å². The fraction of sp³-hybridized carbons (Fsp3) is 0.667. The molecule has 6 unspecified atom stereocenters. The molecule has 3 fully saturated rings. The summed E-state index contributed by atoms with van der Waals surface area (Å²) in [6.45, 7) is 2.47. The zero-order valence-corrected chi connectivity index (χ0v) is 18.4. The molecule has 0 aromatic carbocycles. The molecule has 178 valence electrons. The Morgan fingerprint density at radius 3 is 2.64 bits per heavy atom. The summed E-state index contributed by atoms with van der Waals surface area (Å²) >= 11 is 0. The number of aromatic nitrogens is 2. The summed E-state index contributed by atoms with van der Waals surface area (Å²) in [4.78, 5) is 44.6. The van der Waals surface area contributed by atoms with Crippen molar-refractivity contribution in [3.8, 4) is 0 Å². The minimum Gasteiger partial charge on any atom is -0.454 e. The number of aliphatic imine (C=N–C) groups is 1. The molecule has 0 radical (unpaired) electrons. The summed E-state index contributed by atoms with van der Waals surface area (Å²) in [5, 5.41) is 6.67. The van der Waals surface area contributed by atoms with E-state index in [9.17, 15) is 14.4 Å². The number of ether oxygens (including phenoxy) is 4. The number of esters is 3. The molecule has 12 nitrogen and oxygen atoms in total. The van der Waals surface area contributed by atoms with Crippen LogP contribution in [0, 0.1) is 0 Å². The molecule has 4 aliphatic rings. The van der Waals surface area contributed by atoms with E-state index >= 15 is 0 Å². The van der Waals surface area contributed by atoms with Crippen molar-refractivity contribution in [2.24, 2.45) is 4.99 Å². The maximum absolute atomic E-state index is 12.2. The van der Waals surface area contributed by atoms with E-state index in [0.717, 1.165) is 12.8 Å². The lowest BCUT2D eigenvalue weighted by Crippen LogP contribution is -2.37. The van der Waals surface area contributed by atoms with Gasteiger partial charge >= 0.3 is 17.9 Å². The molecule has 2 N–H and O–H groups in total. The van der Waals surface area contributed by atoms with Crippen molar-refractivity contribution in [1.82, 2.24) is 14.9 Å². The number of hydrogen-bond donors (Lipinski definition) is 2. The van der Waals surface area contributed by atoms with E-state index in [1.54, 1.807) is 17.2 Å². The van der Waals surface area contributed by atoms with Crippen LogP contribution in [-0.2, 0) is 33.3 Å². The third-order valence-corrected chi connectivity index (χ3v) is 6.38. The number of fused-ring (bicyclic) bond motifs is 2. The van der Waals surface area contributed by atoms with Crippen LogP contribution in [0.25, 0.3) is 0 Å². The molecule has 33 heavy (non-hydrogen) atoms. The Hall–Kier alpha value is -2.99. The van der Waals surface area contributed by atoms with Gasteiger partial charge in [-0.25, -0.2) is 14.8 Å². The van der Waals surface area contributed by atoms with Gasteiger partial charge in [0.15, 0.2) is 18.4 Å². The summed E-state index contributed by atoms with van der Waals surface area (Å²) in [6.07, 6.45) is 3.85. The highest BCUT2D eigenvalue weighted by Gasteiger charge is 2.61. The predicted octanol–water partition coefficient (Wildman–Crippen LogP) is 0.944. The first-order valence-electron chi connectivity index (χ1n) is 11.2. The van der Waals surface area contributed by atoms with Crippen LogP contribution < -0.4 is 10.6 Å². The van der Waals surface area contributed by atoms with Crippen molar-refractivity contribution in [3.05, 3.63) is 12.0 Å². The highest BCUT2D eigenvalue weighted by molar-refractivity contribution is 5.82. The van der Waals surface area contributed by atoms with Crippen LogP contribution >= 0.6 is 0 Å². The highest BCUT2D eigenvalue weighted by atomic mass is 16.7. The lowest BCUT2D eigenvalue weighted by Gasteiger charge is -2.29.